The second-order valence-corrected chi connectivity index (χ2v) is 4.81. The molecule has 0 saturated carbocycles. The van der Waals surface area contributed by atoms with Crippen molar-refractivity contribution in [1.29, 1.82) is 0 Å². The number of methoxy groups -OCH3 is 1. The third kappa shape index (κ3) is 3.94. The molecule has 2 aromatic rings. The number of nitrogens with one attached hydrogen (secondary N) is 1. The number of rotatable bonds is 6. The molecule has 0 spiro atoms. The highest BCUT2D eigenvalue weighted by Gasteiger charge is 2.09. The fourth-order valence-corrected chi connectivity index (χ4v) is 1.96. The van der Waals surface area contributed by atoms with Gasteiger partial charge in [-0.1, -0.05) is 19.1 Å². The summed E-state index contributed by atoms with van der Waals surface area (Å²) in [5, 5.41) is 6.86. The second-order valence-electron chi connectivity index (χ2n) is 4.81. The van der Waals surface area contributed by atoms with Gasteiger partial charge < -0.3 is 10.1 Å². The molecule has 0 bridgehead atoms. The highest BCUT2D eigenvalue weighted by Crippen LogP contribution is 2.11. The first kappa shape index (κ1) is 15.8. The Morgan fingerprint density at radius 2 is 1.95 bits per heavy atom. The molecule has 0 aliphatic heterocycles. The molecule has 1 aromatic carbocycles. The molecule has 1 aromatic heterocycles. The third-order valence-corrected chi connectivity index (χ3v) is 3.15. The minimum atomic E-state index is -0.305. The number of ether oxygens (including phenoxy) is 1. The molecule has 0 unspecified atom stereocenters. The lowest BCUT2D eigenvalue weighted by molar-refractivity contribution is 0.0943. The molecule has 6 nitrogen and oxygen atoms in total. The zero-order valence-electron chi connectivity index (χ0n) is 12.7. The monoisotopic (exact) mass is 301 g/mol. The van der Waals surface area contributed by atoms with Crippen molar-refractivity contribution in [1.82, 2.24) is 15.1 Å². The van der Waals surface area contributed by atoms with Gasteiger partial charge in [-0.05, 0) is 30.2 Å². The van der Waals surface area contributed by atoms with Crippen molar-refractivity contribution < 1.29 is 9.53 Å². The van der Waals surface area contributed by atoms with Crippen molar-refractivity contribution in [2.24, 2.45) is 0 Å². The number of hydrogen-bond donors (Lipinski definition) is 1. The Balaban J connectivity index is 2.02. The van der Waals surface area contributed by atoms with Crippen molar-refractivity contribution in [2.45, 2.75) is 26.4 Å². The summed E-state index contributed by atoms with van der Waals surface area (Å²) in [6.07, 6.45) is 0.782. The van der Waals surface area contributed by atoms with Crippen LogP contribution in [0.3, 0.4) is 0 Å². The number of amides is 1. The van der Waals surface area contributed by atoms with E-state index in [1.54, 1.807) is 7.11 Å². The summed E-state index contributed by atoms with van der Waals surface area (Å²) in [6.45, 7) is 2.83. The largest absolute Gasteiger partial charge is 0.497 e. The van der Waals surface area contributed by atoms with Gasteiger partial charge >= 0.3 is 0 Å². The van der Waals surface area contributed by atoms with E-state index in [0.717, 1.165) is 17.7 Å². The van der Waals surface area contributed by atoms with Gasteiger partial charge in [0, 0.05) is 19.2 Å². The van der Waals surface area contributed by atoms with Crippen molar-refractivity contribution in [2.75, 3.05) is 7.11 Å². The number of carbonyl (C=O) groups excluding carboxylic acids is 1. The molecule has 0 aliphatic carbocycles. The first-order valence-corrected chi connectivity index (χ1v) is 7.13. The van der Waals surface area contributed by atoms with E-state index >= 15 is 0 Å². The van der Waals surface area contributed by atoms with E-state index in [1.165, 1.54) is 16.8 Å². The van der Waals surface area contributed by atoms with Crippen molar-refractivity contribution >= 4 is 5.91 Å². The van der Waals surface area contributed by atoms with Crippen LogP contribution in [0, 0.1) is 0 Å². The third-order valence-electron chi connectivity index (χ3n) is 3.15. The molecule has 0 saturated heterocycles. The van der Waals surface area contributed by atoms with E-state index in [0.29, 0.717) is 13.1 Å². The van der Waals surface area contributed by atoms with E-state index in [9.17, 15) is 9.59 Å². The van der Waals surface area contributed by atoms with Gasteiger partial charge in [0.05, 0.1) is 7.11 Å². The van der Waals surface area contributed by atoms with E-state index in [-0.39, 0.29) is 17.2 Å². The maximum absolute atomic E-state index is 12.1. The number of aromatic nitrogens is 2. The summed E-state index contributed by atoms with van der Waals surface area (Å²) in [5.74, 6) is 0.462. The Labute approximate surface area is 128 Å². The minimum Gasteiger partial charge on any atom is -0.497 e. The molecule has 0 fully saturated rings. The van der Waals surface area contributed by atoms with Crippen molar-refractivity contribution in [3.8, 4) is 5.75 Å². The van der Waals surface area contributed by atoms with Crippen LogP contribution in [0.5, 0.6) is 5.75 Å². The zero-order valence-corrected chi connectivity index (χ0v) is 12.7. The molecule has 0 aliphatic rings. The van der Waals surface area contributed by atoms with Gasteiger partial charge in [-0.2, -0.15) is 5.10 Å². The number of aryl methyl sites for hydroxylation is 1. The lowest BCUT2D eigenvalue weighted by Gasteiger charge is -2.07. The normalized spacial score (nSPS) is 10.3. The van der Waals surface area contributed by atoms with Crippen LogP contribution >= 0.6 is 0 Å². The average molecular weight is 301 g/mol. The van der Waals surface area contributed by atoms with Gasteiger partial charge in [0.25, 0.3) is 11.5 Å². The topological polar surface area (TPSA) is 73.2 Å². The van der Waals surface area contributed by atoms with Crippen molar-refractivity contribution in [3.63, 3.8) is 0 Å². The van der Waals surface area contributed by atoms with Crippen LogP contribution in [0.1, 0.15) is 29.4 Å². The van der Waals surface area contributed by atoms with Gasteiger partial charge in [-0.15, -0.1) is 0 Å². The average Bonchev–Trinajstić information content (AvgIpc) is 2.55. The van der Waals surface area contributed by atoms with Gasteiger partial charge in [0.15, 0.2) is 0 Å². The van der Waals surface area contributed by atoms with E-state index in [1.807, 2.05) is 31.2 Å². The number of carbonyl (C=O) groups is 1. The molecule has 1 amide bonds. The molecule has 116 valence electrons. The molecular weight excluding hydrogens is 282 g/mol. The highest BCUT2D eigenvalue weighted by atomic mass is 16.5. The van der Waals surface area contributed by atoms with Crippen molar-refractivity contribution in [3.05, 3.63) is 58.0 Å². The Morgan fingerprint density at radius 1 is 1.23 bits per heavy atom. The van der Waals surface area contributed by atoms with Gasteiger partial charge in [0.2, 0.25) is 0 Å². The van der Waals surface area contributed by atoms with Gasteiger partial charge in [0.1, 0.15) is 11.4 Å². The first-order valence-electron chi connectivity index (χ1n) is 7.13. The molecule has 1 heterocycles. The molecular formula is C16H19N3O3. The lowest BCUT2D eigenvalue weighted by atomic mass is 10.2. The Hall–Kier alpha value is -2.63. The standard InChI is InChI=1S/C16H19N3O3/c1-3-10-19-15(20)9-8-14(18-19)16(21)17-11-12-4-6-13(22-2)7-5-12/h4-9H,3,10-11H2,1-2H3,(H,17,21). The predicted octanol–water partition coefficient (Wildman–Crippen LogP) is 1.59. The summed E-state index contributed by atoms with van der Waals surface area (Å²) >= 11 is 0. The molecule has 6 heteroatoms. The Morgan fingerprint density at radius 3 is 2.59 bits per heavy atom. The fourth-order valence-electron chi connectivity index (χ4n) is 1.96. The summed E-state index contributed by atoms with van der Waals surface area (Å²) in [5.41, 5.74) is 0.992. The van der Waals surface area contributed by atoms with Crippen LogP contribution in [-0.2, 0) is 13.1 Å². The van der Waals surface area contributed by atoms with E-state index in [2.05, 4.69) is 10.4 Å². The van der Waals surface area contributed by atoms with Gasteiger partial charge in [-0.25, -0.2) is 4.68 Å². The van der Waals surface area contributed by atoms with Crippen LogP contribution in [-0.4, -0.2) is 22.8 Å². The first-order chi connectivity index (χ1) is 10.6. The highest BCUT2D eigenvalue weighted by molar-refractivity contribution is 5.91. The number of nitrogens with zero attached hydrogens (tertiary/aromatic N) is 2. The predicted molar refractivity (Wildman–Crippen MR) is 83.0 cm³/mol. The lowest BCUT2D eigenvalue weighted by Crippen LogP contribution is -2.29. The van der Waals surface area contributed by atoms with E-state index < -0.39 is 0 Å². The maximum atomic E-state index is 12.1. The minimum absolute atomic E-state index is 0.200. The smallest absolute Gasteiger partial charge is 0.271 e. The molecule has 22 heavy (non-hydrogen) atoms. The Bertz CT molecular complexity index is 693. The second kappa shape index (κ2) is 7.40. The van der Waals surface area contributed by atoms with Crippen LogP contribution in [0.2, 0.25) is 0 Å². The molecule has 2 rings (SSSR count). The molecule has 0 radical (unpaired) electrons. The summed E-state index contributed by atoms with van der Waals surface area (Å²) in [7, 11) is 1.60. The molecule has 1 N–H and O–H groups in total. The van der Waals surface area contributed by atoms with Gasteiger partial charge in [-0.3, -0.25) is 9.59 Å². The Kier molecular flexibility index (Phi) is 5.30. The summed E-state index contributed by atoms with van der Waals surface area (Å²) in [6, 6.07) is 10.2. The zero-order chi connectivity index (χ0) is 15.9. The van der Waals surface area contributed by atoms with E-state index in [4.69, 9.17) is 4.74 Å². The maximum Gasteiger partial charge on any atom is 0.271 e. The van der Waals surface area contributed by atoms with Crippen LogP contribution in [0.4, 0.5) is 0 Å². The van der Waals surface area contributed by atoms with Crippen LogP contribution in [0.25, 0.3) is 0 Å². The SMILES string of the molecule is CCCn1nc(C(=O)NCc2ccc(OC)cc2)ccc1=O. The van der Waals surface area contributed by atoms with Crippen LogP contribution < -0.4 is 15.6 Å². The van der Waals surface area contributed by atoms with Crippen LogP contribution in [0.15, 0.2) is 41.2 Å². The summed E-state index contributed by atoms with van der Waals surface area (Å²) in [4.78, 5) is 23.7. The quantitative estimate of drug-likeness (QED) is 0.879. The number of hydrogen-bond acceptors (Lipinski definition) is 4. The summed E-state index contributed by atoms with van der Waals surface area (Å²) < 4.78 is 6.39. The fraction of sp³-hybridized carbons (Fsp3) is 0.312. The molecule has 0 atom stereocenters. The number of benzene rings is 1.